The molecule has 0 saturated heterocycles. The average Bonchev–Trinajstić information content (AvgIpc) is 3.80. The molecular formula is C52H38N2. The molecule has 0 N–H and O–H groups in total. The molecule has 1 aromatic heterocycles. The maximum absolute atomic E-state index is 2.65. The molecule has 8 aromatic carbocycles. The van der Waals surface area contributed by atoms with Crippen LogP contribution in [0.3, 0.4) is 0 Å². The summed E-state index contributed by atoms with van der Waals surface area (Å²) in [7, 11) is 0. The SMILES string of the molecule is CC1(C)c2ccccc2-c2c(N(c3ccccc3)c3ccc4c5ccccc5n(C5(c6ccccc6)c6ccccc6-c6ccccc65)c4c3)cccc21. The zero-order chi connectivity index (χ0) is 36.0. The lowest BCUT2D eigenvalue weighted by Crippen LogP contribution is -2.35. The van der Waals surface area contributed by atoms with E-state index < -0.39 is 5.54 Å². The first-order chi connectivity index (χ1) is 26.6. The number of hydrogen-bond acceptors (Lipinski definition) is 1. The van der Waals surface area contributed by atoms with Crippen molar-refractivity contribution < 1.29 is 0 Å². The van der Waals surface area contributed by atoms with Crippen LogP contribution in [-0.2, 0) is 11.0 Å². The number of hydrogen-bond donors (Lipinski definition) is 0. The van der Waals surface area contributed by atoms with Crippen molar-refractivity contribution in [2.24, 2.45) is 0 Å². The Bertz CT molecular complexity index is 2870. The topological polar surface area (TPSA) is 8.17 Å². The minimum atomic E-state index is -0.608. The van der Waals surface area contributed by atoms with Gasteiger partial charge in [0.05, 0.1) is 16.7 Å². The van der Waals surface area contributed by atoms with E-state index in [2.05, 4.69) is 217 Å². The largest absolute Gasteiger partial charge is 0.322 e. The normalized spacial score (nSPS) is 14.4. The summed E-state index contributed by atoms with van der Waals surface area (Å²) in [5, 5.41) is 2.49. The second-order valence-corrected chi connectivity index (χ2v) is 15.3. The van der Waals surface area contributed by atoms with Gasteiger partial charge in [-0.1, -0.05) is 172 Å². The third-order valence-corrected chi connectivity index (χ3v) is 12.2. The van der Waals surface area contributed by atoms with Gasteiger partial charge in [0.15, 0.2) is 0 Å². The van der Waals surface area contributed by atoms with Crippen molar-refractivity contribution in [3.05, 3.63) is 222 Å². The molecule has 0 saturated carbocycles. The summed E-state index contributed by atoms with van der Waals surface area (Å²) in [6.07, 6.45) is 0. The third kappa shape index (κ3) is 4.06. The summed E-state index contributed by atoms with van der Waals surface area (Å²) in [4.78, 5) is 2.48. The number of fused-ring (bicyclic) bond motifs is 9. The summed E-state index contributed by atoms with van der Waals surface area (Å²) in [5.74, 6) is 0. The van der Waals surface area contributed by atoms with E-state index in [0.717, 1.165) is 11.4 Å². The molecule has 0 atom stereocenters. The number of anilines is 3. The Kier molecular flexibility index (Phi) is 6.55. The Morgan fingerprint density at radius 2 is 0.963 bits per heavy atom. The van der Waals surface area contributed by atoms with Gasteiger partial charge >= 0.3 is 0 Å². The van der Waals surface area contributed by atoms with E-state index in [-0.39, 0.29) is 5.41 Å². The highest BCUT2D eigenvalue weighted by Crippen LogP contribution is 2.57. The van der Waals surface area contributed by atoms with E-state index in [1.54, 1.807) is 0 Å². The van der Waals surface area contributed by atoms with Gasteiger partial charge in [0.25, 0.3) is 0 Å². The molecule has 0 aliphatic heterocycles. The smallest absolute Gasteiger partial charge is 0.122 e. The number of benzene rings is 8. The fourth-order valence-corrected chi connectivity index (χ4v) is 9.96. The maximum Gasteiger partial charge on any atom is 0.122 e. The first-order valence-electron chi connectivity index (χ1n) is 19.0. The molecule has 2 heteroatoms. The molecule has 0 unspecified atom stereocenters. The molecule has 9 aromatic rings. The van der Waals surface area contributed by atoms with Crippen LogP contribution in [-0.4, -0.2) is 4.57 Å². The Hall–Kier alpha value is -6.64. The molecule has 2 aliphatic carbocycles. The van der Waals surface area contributed by atoms with Crippen molar-refractivity contribution >= 4 is 38.9 Å². The molecule has 0 radical (unpaired) electrons. The van der Waals surface area contributed by atoms with Crippen molar-refractivity contribution in [1.82, 2.24) is 4.57 Å². The second kappa shape index (κ2) is 11.4. The molecule has 0 bridgehead atoms. The van der Waals surface area contributed by atoms with Gasteiger partial charge in [0.2, 0.25) is 0 Å². The number of nitrogens with zero attached hydrogens (tertiary/aromatic N) is 2. The first kappa shape index (κ1) is 30.9. The van der Waals surface area contributed by atoms with E-state index in [9.17, 15) is 0 Å². The van der Waals surface area contributed by atoms with Crippen LogP contribution in [0.4, 0.5) is 17.1 Å². The van der Waals surface area contributed by atoms with Gasteiger partial charge in [0.1, 0.15) is 5.54 Å². The van der Waals surface area contributed by atoms with E-state index in [4.69, 9.17) is 0 Å². The zero-order valence-corrected chi connectivity index (χ0v) is 30.4. The molecule has 1 heterocycles. The Morgan fingerprint density at radius 3 is 1.69 bits per heavy atom. The quantitative estimate of drug-likeness (QED) is 0.175. The van der Waals surface area contributed by atoms with Crippen LogP contribution >= 0.6 is 0 Å². The standard InChI is InChI=1S/C52H38N2/c1-51(2)43-26-13-11-25-42(43)50-46(51)29-17-31-48(50)53(36-20-7-4-8-21-36)37-32-33-41-40-24-12-16-30-47(40)54(49(41)34-37)52(35-18-5-3-6-19-35)44-27-14-9-22-38(44)39-23-10-15-28-45(39)52/h3-34H,1-2H3. The van der Waals surface area contributed by atoms with Crippen LogP contribution < -0.4 is 4.90 Å². The van der Waals surface area contributed by atoms with Gasteiger partial charge < -0.3 is 9.47 Å². The predicted octanol–water partition coefficient (Wildman–Crippen LogP) is 13.4. The van der Waals surface area contributed by atoms with Crippen molar-refractivity contribution in [3.63, 3.8) is 0 Å². The number of rotatable bonds is 5. The van der Waals surface area contributed by atoms with E-state index in [1.165, 1.54) is 77.6 Å². The summed E-state index contributed by atoms with van der Waals surface area (Å²) in [5.41, 5.74) is 16.9. The minimum Gasteiger partial charge on any atom is -0.322 e. The molecule has 0 spiro atoms. The number of aromatic nitrogens is 1. The molecule has 256 valence electrons. The monoisotopic (exact) mass is 690 g/mol. The molecule has 2 nitrogen and oxygen atoms in total. The van der Waals surface area contributed by atoms with Crippen molar-refractivity contribution in [1.29, 1.82) is 0 Å². The minimum absolute atomic E-state index is 0.105. The van der Waals surface area contributed by atoms with Crippen LogP contribution in [0.2, 0.25) is 0 Å². The van der Waals surface area contributed by atoms with Gasteiger partial charge in [-0.3, -0.25) is 0 Å². The molecule has 54 heavy (non-hydrogen) atoms. The molecular weight excluding hydrogens is 653 g/mol. The van der Waals surface area contributed by atoms with Gasteiger partial charge in [-0.15, -0.1) is 0 Å². The van der Waals surface area contributed by atoms with E-state index >= 15 is 0 Å². The third-order valence-electron chi connectivity index (χ3n) is 12.2. The number of para-hydroxylation sites is 2. The summed E-state index contributed by atoms with van der Waals surface area (Å²) in [6, 6.07) is 71.9. The fourth-order valence-electron chi connectivity index (χ4n) is 9.96. The average molecular weight is 691 g/mol. The highest BCUT2D eigenvalue weighted by molar-refractivity contribution is 6.10. The summed E-state index contributed by atoms with van der Waals surface area (Å²) < 4.78 is 2.65. The maximum atomic E-state index is 2.65. The summed E-state index contributed by atoms with van der Waals surface area (Å²) in [6.45, 7) is 4.72. The van der Waals surface area contributed by atoms with Crippen LogP contribution in [0.15, 0.2) is 194 Å². The Balaban J connectivity index is 1.26. The van der Waals surface area contributed by atoms with Gasteiger partial charge in [-0.25, -0.2) is 0 Å². The van der Waals surface area contributed by atoms with Crippen LogP contribution in [0.1, 0.15) is 41.7 Å². The lowest BCUT2D eigenvalue weighted by Gasteiger charge is -2.37. The van der Waals surface area contributed by atoms with Crippen LogP contribution in [0.25, 0.3) is 44.1 Å². The predicted molar refractivity (Wildman–Crippen MR) is 225 cm³/mol. The lowest BCUT2D eigenvalue weighted by molar-refractivity contribution is 0.564. The Labute approximate surface area is 316 Å². The molecule has 11 rings (SSSR count). The van der Waals surface area contributed by atoms with Gasteiger partial charge in [0, 0.05) is 33.1 Å². The zero-order valence-electron chi connectivity index (χ0n) is 30.4. The van der Waals surface area contributed by atoms with Crippen LogP contribution in [0.5, 0.6) is 0 Å². The Morgan fingerprint density at radius 1 is 0.407 bits per heavy atom. The molecule has 2 aliphatic rings. The van der Waals surface area contributed by atoms with Crippen LogP contribution in [0, 0.1) is 0 Å². The molecule has 0 fully saturated rings. The van der Waals surface area contributed by atoms with Gasteiger partial charge in [-0.2, -0.15) is 0 Å². The second-order valence-electron chi connectivity index (χ2n) is 15.3. The van der Waals surface area contributed by atoms with Crippen molar-refractivity contribution in [2.75, 3.05) is 4.90 Å². The van der Waals surface area contributed by atoms with E-state index in [0.29, 0.717) is 0 Å². The first-order valence-corrected chi connectivity index (χ1v) is 19.0. The van der Waals surface area contributed by atoms with Crippen molar-refractivity contribution in [3.8, 4) is 22.3 Å². The van der Waals surface area contributed by atoms with E-state index in [1.807, 2.05) is 0 Å². The molecule has 0 amide bonds. The highest BCUT2D eigenvalue weighted by Gasteiger charge is 2.47. The fraction of sp³-hybridized carbons (Fsp3) is 0.0769. The van der Waals surface area contributed by atoms with Gasteiger partial charge in [-0.05, 0) is 80.9 Å². The summed E-state index contributed by atoms with van der Waals surface area (Å²) >= 11 is 0. The van der Waals surface area contributed by atoms with Crippen molar-refractivity contribution in [2.45, 2.75) is 24.8 Å². The highest BCUT2D eigenvalue weighted by atomic mass is 15.2. The lowest BCUT2D eigenvalue weighted by atomic mass is 9.80.